The number of nitrogens with one attached hydrogen (secondary N) is 1. The van der Waals surface area contributed by atoms with Crippen LogP contribution in [0.15, 0.2) is 0 Å². The molecule has 0 aromatic carbocycles. The molecular weight excluding hydrogens is 150 g/mol. The third-order valence-electron chi connectivity index (χ3n) is 2.76. The predicted octanol–water partition coefficient (Wildman–Crippen LogP) is 1.94. The molecule has 1 fully saturated rings. The van der Waals surface area contributed by atoms with Crippen molar-refractivity contribution >= 4 is 0 Å². The van der Waals surface area contributed by atoms with E-state index in [0.29, 0.717) is 6.04 Å². The topological polar surface area (TPSA) is 21.3 Å². The van der Waals surface area contributed by atoms with Gasteiger partial charge in [-0.2, -0.15) is 0 Å². The van der Waals surface area contributed by atoms with Gasteiger partial charge in [0.05, 0.1) is 6.61 Å². The van der Waals surface area contributed by atoms with Gasteiger partial charge in [0.2, 0.25) is 0 Å². The van der Waals surface area contributed by atoms with Crippen LogP contribution in [0.1, 0.15) is 40.0 Å². The maximum Gasteiger partial charge on any atom is 0.0646 e. The molecule has 1 aliphatic heterocycles. The molecule has 0 radical (unpaired) electrons. The fraction of sp³-hybridized carbons (Fsp3) is 1.00. The molecule has 1 aliphatic rings. The van der Waals surface area contributed by atoms with Gasteiger partial charge in [-0.3, -0.25) is 0 Å². The van der Waals surface area contributed by atoms with Gasteiger partial charge in [-0.15, -0.1) is 0 Å². The Morgan fingerprint density at radius 1 is 1.42 bits per heavy atom. The molecule has 0 bridgehead atoms. The first-order valence-electron chi connectivity index (χ1n) is 5.05. The van der Waals surface area contributed by atoms with Crippen LogP contribution in [0, 0.1) is 0 Å². The van der Waals surface area contributed by atoms with E-state index in [9.17, 15) is 0 Å². The minimum absolute atomic E-state index is 0.247. The molecule has 12 heavy (non-hydrogen) atoms. The van der Waals surface area contributed by atoms with Crippen molar-refractivity contribution in [2.45, 2.75) is 51.6 Å². The zero-order chi connectivity index (χ0) is 9.03. The van der Waals surface area contributed by atoms with Crippen LogP contribution in [0.25, 0.3) is 0 Å². The van der Waals surface area contributed by atoms with Gasteiger partial charge >= 0.3 is 0 Å². The van der Waals surface area contributed by atoms with E-state index in [1.807, 2.05) is 0 Å². The van der Waals surface area contributed by atoms with Crippen LogP contribution in [0.3, 0.4) is 0 Å². The second-order valence-corrected chi connectivity index (χ2v) is 4.02. The first kappa shape index (κ1) is 10.0. The van der Waals surface area contributed by atoms with E-state index in [0.717, 1.165) is 19.6 Å². The smallest absolute Gasteiger partial charge is 0.0646 e. The Labute approximate surface area is 75.7 Å². The van der Waals surface area contributed by atoms with Gasteiger partial charge in [-0.25, -0.2) is 0 Å². The Kier molecular flexibility index (Phi) is 3.53. The highest BCUT2D eigenvalue weighted by atomic mass is 16.5. The third-order valence-corrected chi connectivity index (χ3v) is 2.76. The summed E-state index contributed by atoms with van der Waals surface area (Å²) in [7, 11) is 0. The highest BCUT2D eigenvalue weighted by molar-refractivity contribution is 4.89. The van der Waals surface area contributed by atoms with Gasteiger partial charge in [0.15, 0.2) is 0 Å². The molecule has 1 unspecified atom stereocenters. The summed E-state index contributed by atoms with van der Waals surface area (Å²) in [6.45, 7) is 8.53. The van der Waals surface area contributed by atoms with Gasteiger partial charge in [0.25, 0.3) is 0 Å². The van der Waals surface area contributed by atoms with Crippen molar-refractivity contribution in [2.24, 2.45) is 0 Å². The van der Waals surface area contributed by atoms with Crippen LogP contribution >= 0.6 is 0 Å². The molecule has 72 valence electrons. The quantitative estimate of drug-likeness (QED) is 0.698. The van der Waals surface area contributed by atoms with E-state index in [1.54, 1.807) is 0 Å². The van der Waals surface area contributed by atoms with E-state index in [1.165, 1.54) is 12.8 Å². The zero-order valence-electron chi connectivity index (χ0n) is 8.52. The molecule has 0 saturated carbocycles. The lowest BCUT2D eigenvalue weighted by Crippen LogP contribution is -2.48. The van der Waals surface area contributed by atoms with Crippen LogP contribution < -0.4 is 5.32 Å². The number of rotatable bonds is 4. The monoisotopic (exact) mass is 171 g/mol. The maximum atomic E-state index is 5.39. The third kappa shape index (κ3) is 2.46. The molecule has 0 spiro atoms. The molecule has 1 heterocycles. The zero-order valence-corrected chi connectivity index (χ0v) is 8.52. The van der Waals surface area contributed by atoms with Gasteiger partial charge in [-0.1, -0.05) is 13.8 Å². The lowest BCUT2D eigenvalue weighted by atomic mass is 9.99. The predicted molar refractivity (Wildman–Crippen MR) is 51.3 cm³/mol. The van der Waals surface area contributed by atoms with Crippen LogP contribution in [0.5, 0.6) is 0 Å². The molecule has 1 N–H and O–H groups in total. The van der Waals surface area contributed by atoms with E-state index in [-0.39, 0.29) is 5.54 Å². The lowest BCUT2D eigenvalue weighted by molar-refractivity contribution is 0.165. The van der Waals surface area contributed by atoms with Crippen LogP contribution in [-0.4, -0.2) is 24.8 Å². The molecular formula is C10H21NO. The molecule has 0 aliphatic carbocycles. The van der Waals surface area contributed by atoms with Gasteiger partial charge in [0.1, 0.15) is 0 Å². The lowest BCUT2D eigenvalue weighted by Gasteiger charge is -2.29. The normalized spacial score (nSPS) is 30.0. The van der Waals surface area contributed by atoms with Crippen molar-refractivity contribution < 1.29 is 4.74 Å². The molecule has 0 aromatic rings. The molecule has 1 rings (SSSR count). The van der Waals surface area contributed by atoms with E-state index < -0.39 is 0 Å². The molecule has 1 atom stereocenters. The molecule has 1 saturated heterocycles. The second kappa shape index (κ2) is 4.24. The minimum atomic E-state index is 0.247. The van der Waals surface area contributed by atoms with Crippen molar-refractivity contribution in [1.82, 2.24) is 5.32 Å². The summed E-state index contributed by atoms with van der Waals surface area (Å²) in [6, 6.07) is 0.664. The summed E-state index contributed by atoms with van der Waals surface area (Å²) in [5, 5.41) is 3.67. The first-order chi connectivity index (χ1) is 5.70. The van der Waals surface area contributed by atoms with Gasteiger partial charge < -0.3 is 10.1 Å². The first-order valence-corrected chi connectivity index (χ1v) is 5.05. The maximum absolute atomic E-state index is 5.39. The van der Waals surface area contributed by atoms with Crippen molar-refractivity contribution in [1.29, 1.82) is 0 Å². The Balaban J connectivity index is 2.36. The van der Waals surface area contributed by atoms with Crippen LogP contribution in [0.2, 0.25) is 0 Å². The highest BCUT2D eigenvalue weighted by Crippen LogP contribution is 2.19. The van der Waals surface area contributed by atoms with E-state index in [2.05, 4.69) is 26.1 Å². The number of hydrogen-bond donors (Lipinski definition) is 1. The van der Waals surface area contributed by atoms with E-state index in [4.69, 9.17) is 4.74 Å². The summed E-state index contributed by atoms with van der Waals surface area (Å²) in [5.74, 6) is 0. The fourth-order valence-electron chi connectivity index (χ4n) is 1.77. The van der Waals surface area contributed by atoms with Crippen molar-refractivity contribution in [3.05, 3.63) is 0 Å². The summed E-state index contributed by atoms with van der Waals surface area (Å²) in [4.78, 5) is 0. The summed E-state index contributed by atoms with van der Waals surface area (Å²) in [6.07, 6.45) is 3.58. The molecule has 2 heteroatoms. The minimum Gasteiger partial charge on any atom is -0.379 e. The summed E-state index contributed by atoms with van der Waals surface area (Å²) in [5.41, 5.74) is 0.247. The molecule has 0 amide bonds. The van der Waals surface area contributed by atoms with Crippen molar-refractivity contribution in [2.75, 3.05) is 13.2 Å². The van der Waals surface area contributed by atoms with E-state index >= 15 is 0 Å². The fourth-order valence-corrected chi connectivity index (χ4v) is 1.77. The Hall–Kier alpha value is -0.0800. The second-order valence-electron chi connectivity index (χ2n) is 4.02. The average molecular weight is 171 g/mol. The van der Waals surface area contributed by atoms with Gasteiger partial charge in [-0.05, 0) is 26.2 Å². The average Bonchev–Trinajstić information content (AvgIpc) is 2.48. The standard InChI is InChI=1S/C10H21NO/c1-4-9(5-2)11-10(3)6-7-12-8-10/h9,11H,4-8H2,1-3H3. The number of hydrogen-bond acceptors (Lipinski definition) is 2. The Morgan fingerprint density at radius 2 is 2.08 bits per heavy atom. The Morgan fingerprint density at radius 3 is 2.50 bits per heavy atom. The highest BCUT2D eigenvalue weighted by Gasteiger charge is 2.30. The van der Waals surface area contributed by atoms with Crippen molar-refractivity contribution in [3.8, 4) is 0 Å². The SMILES string of the molecule is CCC(CC)NC1(C)CCOC1. The summed E-state index contributed by atoms with van der Waals surface area (Å²) < 4.78 is 5.39. The summed E-state index contributed by atoms with van der Waals surface area (Å²) >= 11 is 0. The van der Waals surface area contributed by atoms with Crippen LogP contribution in [0.4, 0.5) is 0 Å². The number of ether oxygens (including phenoxy) is 1. The Bertz CT molecular complexity index is 126. The largest absolute Gasteiger partial charge is 0.379 e. The molecule has 2 nitrogen and oxygen atoms in total. The van der Waals surface area contributed by atoms with Crippen LogP contribution in [-0.2, 0) is 4.74 Å². The van der Waals surface area contributed by atoms with Gasteiger partial charge in [0, 0.05) is 18.2 Å². The van der Waals surface area contributed by atoms with Crippen molar-refractivity contribution in [3.63, 3.8) is 0 Å². The molecule has 0 aromatic heterocycles.